The van der Waals surface area contributed by atoms with Crippen LogP contribution in [0.5, 0.6) is 23.0 Å². The molecule has 0 radical (unpaired) electrons. The number of thioether (sulfide) groups is 11. The predicted molar refractivity (Wildman–Crippen MR) is 632 cm³/mol. The standard InChI is InChI=1S/C11H15NOS.C10H13NOS.C9H13NO.C9H13NS.C8H12N2.C8H11NO.C8H11NS.C8H19NS.C8H10O2.C8H10S2.C6H15NS.C4H9NO.C4H11NS.C4H10S2/c1-12(8-9-14-2)11(13)10-6-4-3-5-7-10;1-8(12)11(2)9-6-4-5-7-10(9)13-3;2*1-10(2)8-6-4-5-7-9(8)11-3;3*1-9-7-5-3-4-6-8(7)10-2;1-4-5-6-9(2)7-8-10-3;2*1-9-7-5-3-4-6-8(7)10-2;1-5(7-3)6(2)8-4;1-4(5-2)6-3;2*1-5-3-4-6-2/h3-7H,8-9H2,1-2H3;4-7H,1-3H3;2*4-7H,1-3H3;3-6,9-10H,1-2H3;2*3-6,9H,1-2H3;4-8H2,1-3H3;2*3-6H,1-2H3;5-7H,1-4H3;1-3H3;5H,3-4H2,1-2H3;3-4H2,1-2H3. The van der Waals surface area contributed by atoms with E-state index in [1.165, 1.54) is 79.9 Å². The van der Waals surface area contributed by atoms with Crippen molar-refractivity contribution in [2.75, 3.05) is 294 Å². The van der Waals surface area contributed by atoms with E-state index in [2.05, 4.69) is 210 Å². The first-order valence-corrected chi connectivity index (χ1v) is 58.5. The first kappa shape index (κ1) is 137. The Hall–Kier alpha value is -6.88. The van der Waals surface area contributed by atoms with E-state index in [0.29, 0.717) is 6.04 Å². The number of unbranched alkanes of at least 4 members (excludes halogenated alkanes) is 1. The molecular formula is C105H172N12O7S11. The Bertz CT molecular complexity index is 3800. The van der Waals surface area contributed by atoms with Crippen LogP contribution < -0.4 is 65.5 Å². The Morgan fingerprint density at radius 3 is 1.04 bits per heavy atom. The third-order valence-corrected chi connectivity index (χ3v) is 27.1. The van der Waals surface area contributed by atoms with Crippen molar-refractivity contribution in [3.8, 4) is 23.0 Å². The number of carbonyl (C=O) groups is 2. The van der Waals surface area contributed by atoms with Gasteiger partial charge >= 0.3 is 0 Å². The van der Waals surface area contributed by atoms with Crippen molar-refractivity contribution in [1.29, 1.82) is 0 Å². The SMILES string of the molecule is CCCCN(C)CCSC.CN=C(C)OC.CNC(C)C(C)SC.CNCCSC.CNc1ccccc1NC.CNc1ccccc1OC.CNc1ccccc1SC.COc1ccccc1N(C)C.COc1ccccc1OC.CSCCN(C)C(=O)c1ccccc1.CSCCSC.CSc1ccccc1N(C)C.CSc1ccccc1N(C)C(C)=O.CSc1ccccc1SC. The van der Waals surface area contributed by atoms with Gasteiger partial charge in [-0.05, 0) is 219 Å². The summed E-state index contributed by atoms with van der Waals surface area (Å²) in [5.41, 5.74) is 8.61. The van der Waals surface area contributed by atoms with Crippen molar-refractivity contribution < 1.29 is 33.3 Å². The minimum absolute atomic E-state index is 0.0569. The molecule has 0 spiro atoms. The average Bonchev–Trinajstić information content (AvgIpc) is 0.849. The van der Waals surface area contributed by atoms with Crippen LogP contribution in [0.15, 0.2) is 254 Å². The molecule has 0 aliphatic rings. The zero-order valence-electron chi connectivity index (χ0n) is 88.3. The van der Waals surface area contributed by atoms with Crippen LogP contribution in [0.2, 0.25) is 0 Å². The number of amides is 2. The Labute approximate surface area is 868 Å². The second-order valence-electron chi connectivity index (χ2n) is 28.3. The maximum atomic E-state index is 11.8. The highest BCUT2D eigenvalue weighted by Crippen LogP contribution is 2.31. The van der Waals surface area contributed by atoms with Gasteiger partial charge < -0.3 is 80.1 Å². The first-order chi connectivity index (χ1) is 65.0. The van der Waals surface area contributed by atoms with Gasteiger partial charge in [0.1, 0.15) is 11.5 Å². The molecule has 9 aromatic rings. The van der Waals surface area contributed by atoms with Crippen molar-refractivity contribution in [1.82, 2.24) is 20.4 Å². The highest BCUT2D eigenvalue weighted by molar-refractivity contribution is 8.02. The van der Waals surface area contributed by atoms with Gasteiger partial charge in [0.25, 0.3) is 5.91 Å². The van der Waals surface area contributed by atoms with Crippen LogP contribution >= 0.6 is 129 Å². The Balaban J connectivity index is -0.000000452. The molecule has 0 heterocycles. The van der Waals surface area contributed by atoms with E-state index in [1.807, 2.05) is 303 Å². The molecule has 0 saturated heterocycles. The van der Waals surface area contributed by atoms with Gasteiger partial charge in [0.2, 0.25) is 5.91 Å². The van der Waals surface area contributed by atoms with Crippen LogP contribution in [0, 0.1) is 0 Å². The maximum Gasteiger partial charge on any atom is 0.253 e. The largest absolute Gasteiger partial charge is 0.495 e. The van der Waals surface area contributed by atoms with Crippen LogP contribution in [-0.4, -0.2) is 297 Å². The molecule has 0 fully saturated rings. The van der Waals surface area contributed by atoms with Crippen molar-refractivity contribution in [2.45, 2.75) is 83.2 Å². The molecule has 0 bridgehead atoms. The minimum atomic E-state index is 0.0569. The van der Waals surface area contributed by atoms with Gasteiger partial charge in [0, 0.05) is 192 Å². The second-order valence-corrected chi connectivity index (χ2v) is 38.7. The number of nitrogens with one attached hydrogen (secondary N) is 6. The predicted octanol–water partition coefficient (Wildman–Crippen LogP) is 25.9. The normalized spacial score (nSPS) is 10.1. The average molecular weight is 2070 g/mol. The summed E-state index contributed by atoms with van der Waals surface area (Å²) in [7, 11) is 35.4. The highest BCUT2D eigenvalue weighted by atomic mass is 32.2. The van der Waals surface area contributed by atoms with Gasteiger partial charge in [-0.3, -0.25) is 14.6 Å². The number of benzene rings is 9. The Morgan fingerprint density at radius 1 is 0.378 bits per heavy atom. The lowest BCUT2D eigenvalue weighted by atomic mass is 10.2. The van der Waals surface area contributed by atoms with E-state index in [-0.39, 0.29) is 11.8 Å². The summed E-state index contributed by atoms with van der Waals surface area (Å²) in [5.74, 6) is 10.3. The monoisotopic (exact) mass is 2070 g/mol. The molecule has 0 saturated carbocycles. The summed E-state index contributed by atoms with van der Waals surface area (Å²) in [6, 6.07) is 74.4. The number of carbonyl (C=O) groups excluding carboxylic acids is 2. The van der Waals surface area contributed by atoms with Crippen LogP contribution in [0.1, 0.15) is 57.8 Å². The number of hydrogen-bond donors (Lipinski definition) is 6. The zero-order chi connectivity index (χ0) is 103. The molecule has 6 N–H and O–H groups in total. The minimum Gasteiger partial charge on any atom is -0.495 e. The molecule has 0 aliphatic carbocycles. The number of para-hydroxylation sites is 11. The van der Waals surface area contributed by atoms with Crippen molar-refractivity contribution >= 4 is 187 Å². The molecular weight excluding hydrogens is 1890 g/mol. The van der Waals surface area contributed by atoms with Gasteiger partial charge in [0.15, 0.2) is 17.4 Å². The van der Waals surface area contributed by atoms with Gasteiger partial charge in [-0.1, -0.05) is 136 Å². The van der Waals surface area contributed by atoms with Gasteiger partial charge in [-0.2, -0.15) is 70.6 Å². The number of hydrogen-bond acceptors (Lipinski definition) is 28. The van der Waals surface area contributed by atoms with Crippen molar-refractivity contribution in [3.05, 3.63) is 230 Å². The quantitative estimate of drug-likeness (QED) is 0.00954. The topological polar surface area (TPSA) is 181 Å². The number of ether oxygens (including phenoxy) is 5. The van der Waals surface area contributed by atoms with E-state index in [0.717, 1.165) is 91.9 Å². The summed E-state index contributed by atoms with van der Waals surface area (Å²) in [6.45, 7) is 14.5. The lowest BCUT2D eigenvalue weighted by Gasteiger charge is -2.17. The number of aliphatic imine (C=N–C) groups is 1. The Morgan fingerprint density at radius 2 is 0.726 bits per heavy atom. The molecule has 9 rings (SSSR count). The molecule has 30 heteroatoms. The number of anilines is 7. The fourth-order valence-electron chi connectivity index (χ4n) is 10.1. The number of nitrogens with zero attached hydrogens (tertiary/aromatic N) is 6. The Kier molecular flexibility index (Phi) is 97.1. The molecule has 0 aliphatic heterocycles. The number of rotatable bonds is 35. The number of methoxy groups -OCH3 is 5. The smallest absolute Gasteiger partial charge is 0.253 e. The second kappa shape index (κ2) is 96.0. The molecule has 9 aromatic carbocycles. The summed E-state index contributed by atoms with van der Waals surface area (Å²) >= 11 is 20.0. The highest BCUT2D eigenvalue weighted by Gasteiger charge is 2.12. The molecule has 2 amide bonds. The van der Waals surface area contributed by atoms with E-state index < -0.39 is 0 Å². The molecule has 19 nitrogen and oxygen atoms in total. The van der Waals surface area contributed by atoms with Crippen LogP contribution in [0.3, 0.4) is 0 Å². The molecule has 0 aromatic heterocycles. The van der Waals surface area contributed by atoms with Crippen molar-refractivity contribution in [2.24, 2.45) is 4.99 Å². The third-order valence-electron chi connectivity index (χ3n) is 18.6. The molecule has 2 unspecified atom stereocenters. The third kappa shape index (κ3) is 69.6. The van der Waals surface area contributed by atoms with E-state index >= 15 is 0 Å². The summed E-state index contributed by atoms with van der Waals surface area (Å²) in [6.07, 6.45) is 25.8. The van der Waals surface area contributed by atoms with Crippen molar-refractivity contribution in [3.63, 3.8) is 0 Å². The fraction of sp³-hybridized carbons (Fsp3) is 0.457. The lowest BCUT2D eigenvalue weighted by molar-refractivity contribution is -0.116. The van der Waals surface area contributed by atoms with Crippen LogP contribution in [0.4, 0.5) is 39.8 Å². The van der Waals surface area contributed by atoms with Gasteiger partial charge in [-0.15, -0.1) is 58.8 Å². The summed E-state index contributed by atoms with van der Waals surface area (Å²) in [4.78, 5) is 43.1. The fourth-order valence-corrected chi connectivity index (χ4v) is 16.7. The summed E-state index contributed by atoms with van der Waals surface area (Å²) in [5, 5.41) is 19.3. The molecule has 135 heavy (non-hydrogen) atoms. The van der Waals surface area contributed by atoms with Crippen LogP contribution in [0.25, 0.3) is 0 Å². The molecule has 760 valence electrons. The van der Waals surface area contributed by atoms with E-state index in [9.17, 15) is 9.59 Å². The summed E-state index contributed by atoms with van der Waals surface area (Å²) < 4.78 is 24.9. The zero-order valence-corrected chi connectivity index (χ0v) is 97.3. The lowest BCUT2D eigenvalue weighted by Crippen LogP contribution is -2.30. The van der Waals surface area contributed by atoms with E-state index in [1.54, 1.807) is 144 Å². The first-order valence-electron chi connectivity index (χ1n) is 44.1. The molecule has 2 atom stereocenters. The van der Waals surface area contributed by atoms with E-state index in [4.69, 9.17) is 18.9 Å². The van der Waals surface area contributed by atoms with Crippen LogP contribution in [-0.2, 0) is 9.53 Å². The van der Waals surface area contributed by atoms with Gasteiger partial charge in [-0.25, -0.2) is 0 Å². The maximum absolute atomic E-state index is 11.8. The van der Waals surface area contributed by atoms with Gasteiger partial charge in [0.05, 0.1) is 64.0 Å².